The molecule has 3 unspecified atom stereocenters. The normalized spacial score (nSPS) is 13.9. The number of nitrogens with zero attached hydrogens (tertiary/aromatic N) is 1. The van der Waals surface area contributed by atoms with Crippen LogP contribution in [-0.2, 0) is 14.3 Å². The summed E-state index contributed by atoms with van der Waals surface area (Å²) in [7, 11) is 0. The van der Waals surface area contributed by atoms with E-state index in [0.29, 0.717) is 6.54 Å². The van der Waals surface area contributed by atoms with Crippen molar-refractivity contribution in [1.82, 2.24) is 15.5 Å². The van der Waals surface area contributed by atoms with Crippen LogP contribution in [0.1, 0.15) is 97.2 Å². The molecule has 0 spiro atoms. The van der Waals surface area contributed by atoms with Crippen LogP contribution in [0.3, 0.4) is 0 Å². The van der Waals surface area contributed by atoms with E-state index in [2.05, 4.69) is 37.1 Å². The van der Waals surface area contributed by atoms with E-state index >= 15 is 0 Å². The van der Waals surface area contributed by atoms with Crippen molar-refractivity contribution in [3.63, 3.8) is 0 Å². The van der Waals surface area contributed by atoms with Crippen molar-refractivity contribution in [3.8, 4) is 0 Å². The smallest absolute Gasteiger partial charge is 0.408 e. The highest BCUT2D eigenvalue weighted by Gasteiger charge is 2.36. The topological polar surface area (TPSA) is 87.7 Å². The Morgan fingerprint density at radius 1 is 1.03 bits per heavy atom. The number of amides is 3. The number of aryl methyl sites for hydroxylation is 1. The monoisotopic (exact) mass is 521 g/mol. The maximum absolute atomic E-state index is 13.9. The van der Waals surface area contributed by atoms with Crippen molar-refractivity contribution in [2.45, 2.75) is 111 Å². The number of ether oxygens (including phenoxy) is 1. The second-order valence-corrected chi connectivity index (χ2v) is 10.8. The summed E-state index contributed by atoms with van der Waals surface area (Å²) in [5, 5.41) is 5.77. The number of unbranched alkanes of at least 4 members (excludes halogenated alkanes) is 3. The van der Waals surface area contributed by atoms with Crippen molar-refractivity contribution >= 4 is 30.5 Å². The first-order chi connectivity index (χ1) is 16.9. The van der Waals surface area contributed by atoms with Crippen LogP contribution in [0, 0.1) is 6.92 Å². The number of rotatable bonds is 14. The zero-order valence-electron chi connectivity index (χ0n) is 23.2. The third kappa shape index (κ3) is 10.8. The Morgan fingerprint density at radius 3 is 2.25 bits per heavy atom. The van der Waals surface area contributed by atoms with Crippen molar-refractivity contribution in [2.24, 2.45) is 0 Å². The first-order valence-electron chi connectivity index (χ1n) is 13.2. The van der Waals surface area contributed by atoms with Crippen molar-refractivity contribution in [3.05, 3.63) is 35.4 Å². The van der Waals surface area contributed by atoms with Gasteiger partial charge in [0.25, 0.3) is 0 Å². The minimum atomic E-state index is -0.929. The molecule has 204 valence electrons. The summed E-state index contributed by atoms with van der Waals surface area (Å²) < 4.78 is 5.37. The van der Waals surface area contributed by atoms with Crippen LogP contribution < -0.4 is 10.6 Å². The fourth-order valence-electron chi connectivity index (χ4n) is 4.08. The third-order valence-electron chi connectivity index (χ3n) is 5.86. The summed E-state index contributed by atoms with van der Waals surface area (Å²) in [6.07, 6.45) is 4.90. The van der Waals surface area contributed by atoms with Gasteiger partial charge in [-0.2, -0.15) is 12.6 Å². The summed E-state index contributed by atoms with van der Waals surface area (Å²) in [6, 6.07) is 5.87. The van der Waals surface area contributed by atoms with Gasteiger partial charge in [-0.15, -0.1) is 0 Å². The molecular weight excluding hydrogens is 474 g/mol. The van der Waals surface area contributed by atoms with Crippen molar-refractivity contribution in [1.29, 1.82) is 0 Å². The number of alkyl carbamates (subject to hydrolysis) is 1. The lowest BCUT2D eigenvalue weighted by atomic mass is 9.97. The highest BCUT2D eigenvalue weighted by atomic mass is 32.1. The average molecular weight is 522 g/mol. The molecule has 2 N–H and O–H groups in total. The van der Waals surface area contributed by atoms with Crippen molar-refractivity contribution in [2.75, 3.05) is 12.3 Å². The number of carbonyl (C=O) groups excluding carboxylic acids is 3. The Hall–Kier alpha value is -2.22. The maximum atomic E-state index is 13.9. The first-order valence-corrected chi connectivity index (χ1v) is 13.8. The van der Waals surface area contributed by atoms with Gasteiger partial charge in [-0.25, -0.2) is 4.79 Å². The predicted molar refractivity (Wildman–Crippen MR) is 149 cm³/mol. The van der Waals surface area contributed by atoms with Crippen LogP contribution in [0.2, 0.25) is 0 Å². The molecule has 0 aliphatic rings. The Kier molecular flexibility index (Phi) is 14.0. The zero-order valence-corrected chi connectivity index (χ0v) is 24.1. The molecule has 36 heavy (non-hydrogen) atoms. The molecule has 3 amide bonds. The van der Waals surface area contributed by atoms with Gasteiger partial charge in [0.1, 0.15) is 17.7 Å². The predicted octanol–water partition coefficient (Wildman–Crippen LogP) is 5.57. The molecule has 3 atom stereocenters. The van der Waals surface area contributed by atoms with E-state index in [-0.39, 0.29) is 23.6 Å². The highest BCUT2D eigenvalue weighted by molar-refractivity contribution is 7.80. The minimum Gasteiger partial charge on any atom is -0.444 e. The summed E-state index contributed by atoms with van der Waals surface area (Å²) in [6.45, 7) is 13.8. The van der Waals surface area contributed by atoms with Crippen LogP contribution in [0.25, 0.3) is 0 Å². The van der Waals surface area contributed by atoms with Crippen molar-refractivity contribution < 1.29 is 19.1 Å². The largest absolute Gasteiger partial charge is 0.444 e. The van der Waals surface area contributed by atoms with E-state index in [9.17, 15) is 14.4 Å². The molecule has 0 bridgehead atoms. The van der Waals surface area contributed by atoms with Gasteiger partial charge in [0.2, 0.25) is 11.8 Å². The molecule has 0 fully saturated rings. The second kappa shape index (κ2) is 15.8. The standard InChI is InChI=1S/C28H47N3O4S/c1-8-10-11-14-18-31(26(33)23(19-36)30-27(34)35-28(5,6)7)24(22-17-13-12-16-20(22)3)25(32)29-21(4)15-9-2/h12-13,16-17,21,23-24,36H,8-11,14-15,18-19H2,1-7H3,(H,29,32)(H,30,34). The Morgan fingerprint density at radius 2 is 1.69 bits per heavy atom. The van der Waals surface area contributed by atoms with Gasteiger partial charge in [-0.05, 0) is 58.6 Å². The maximum Gasteiger partial charge on any atom is 0.408 e. The lowest BCUT2D eigenvalue weighted by Gasteiger charge is -2.35. The number of hydrogen-bond donors (Lipinski definition) is 3. The summed E-state index contributed by atoms with van der Waals surface area (Å²) >= 11 is 4.35. The van der Waals surface area contributed by atoms with Gasteiger partial charge >= 0.3 is 6.09 Å². The summed E-state index contributed by atoms with van der Waals surface area (Å²) in [5.74, 6) is -0.485. The average Bonchev–Trinajstić information content (AvgIpc) is 2.78. The lowest BCUT2D eigenvalue weighted by molar-refractivity contribution is -0.142. The molecule has 0 aliphatic carbocycles. The SMILES string of the molecule is CCCCCCN(C(=O)C(CS)NC(=O)OC(C)(C)C)C(C(=O)NC(C)CCC)c1ccccc1C. The number of hydrogen-bond acceptors (Lipinski definition) is 5. The molecule has 0 radical (unpaired) electrons. The third-order valence-corrected chi connectivity index (χ3v) is 6.23. The number of nitrogens with one attached hydrogen (secondary N) is 2. The van der Waals surface area contributed by atoms with Crippen LogP contribution in [0.4, 0.5) is 4.79 Å². The molecule has 0 saturated carbocycles. The van der Waals surface area contributed by atoms with E-state index in [4.69, 9.17) is 4.74 Å². The lowest BCUT2D eigenvalue weighted by Crippen LogP contribution is -2.54. The number of benzene rings is 1. The van der Waals surface area contributed by atoms with Crippen LogP contribution in [-0.4, -0.2) is 52.8 Å². The van der Waals surface area contributed by atoms with Gasteiger partial charge in [0, 0.05) is 18.3 Å². The van der Waals surface area contributed by atoms with E-state index in [0.717, 1.165) is 49.7 Å². The minimum absolute atomic E-state index is 0.0216. The van der Waals surface area contributed by atoms with Gasteiger partial charge in [0.05, 0.1) is 0 Å². The second-order valence-electron chi connectivity index (χ2n) is 10.4. The van der Waals surface area contributed by atoms with E-state index in [1.807, 2.05) is 38.1 Å². The van der Waals surface area contributed by atoms with E-state index in [1.165, 1.54) is 0 Å². The number of carbonyl (C=O) groups is 3. The zero-order chi connectivity index (χ0) is 27.3. The molecular formula is C28H47N3O4S. The van der Waals surface area contributed by atoms with E-state index < -0.39 is 23.8 Å². The molecule has 8 heteroatoms. The van der Waals surface area contributed by atoms with Crippen LogP contribution in [0.5, 0.6) is 0 Å². The molecule has 0 saturated heterocycles. The molecule has 0 aliphatic heterocycles. The molecule has 0 heterocycles. The fraction of sp³-hybridized carbons (Fsp3) is 0.679. The molecule has 0 aromatic heterocycles. The van der Waals surface area contributed by atoms with Crippen LogP contribution >= 0.6 is 12.6 Å². The summed E-state index contributed by atoms with van der Waals surface area (Å²) in [5.41, 5.74) is 1.00. The fourth-order valence-corrected chi connectivity index (χ4v) is 4.33. The number of thiol groups is 1. The van der Waals surface area contributed by atoms with E-state index in [1.54, 1.807) is 25.7 Å². The Bertz CT molecular complexity index is 840. The molecule has 1 rings (SSSR count). The van der Waals surface area contributed by atoms with Crippen LogP contribution in [0.15, 0.2) is 24.3 Å². The van der Waals surface area contributed by atoms with Gasteiger partial charge in [0.15, 0.2) is 0 Å². The van der Waals surface area contributed by atoms with Gasteiger partial charge in [-0.3, -0.25) is 9.59 Å². The van der Waals surface area contributed by atoms with Gasteiger partial charge in [-0.1, -0.05) is 63.8 Å². The quantitative estimate of drug-likeness (QED) is 0.221. The van der Waals surface area contributed by atoms with Gasteiger partial charge < -0.3 is 20.3 Å². The first kappa shape index (κ1) is 31.8. The Labute approximate surface area is 223 Å². The molecule has 1 aromatic carbocycles. The summed E-state index contributed by atoms with van der Waals surface area (Å²) in [4.78, 5) is 41.7. The highest BCUT2D eigenvalue weighted by Crippen LogP contribution is 2.27. The molecule has 7 nitrogen and oxygen atoms in total. The molecule has 1 aromatic rings. The Balaban J connectivity index is 3.40.